The minimum atomic E-state index is 0.0246. The van der Waals surface area contributed by atoms with Crippen molar-refractivity contribution in [2.24, 2.45) is 0 Å². The number of rotatable bonds is 7. The second-order valence-corrected chi connectivity index (χ2v) is 8.61. The molecular formula is C27H27IN2O. The van der Waals surface area contributed by atoms with Crippen molar-refractivity contribution >= 4 is 51.7 Å². The first-order valence-electron chi connectivity index (χ1n) is 10.3. The molecule has 0 fully saturated rings. The van der Waals surface area contributed by atoms with Crippen LogP contribution in [0.3, 0.4) is 0 Å². The lowest BCUT2D eigenvalue weighted by Crippen LogP contribution is -2.00. The van der Waals surface area contributed by atoms with Crippen LogP contribution in [0.4, 0.5) is 5.69 Å². The van der Waals surface area contributed by atoms with Crippen molar-refractivity contribution in [1.29, 1.82) is 5.41 Å². The first-order valence-corrected chi connectivity index (χ1v) is 11.3. The highest BCUT2D eigenvalue weighted by atomic mass is 127. The Morgan fingerprint density at radius 3 is 2.35 bits per heavy atom. The molecule has 3 aromatic rings. The Labute approximate surface area is 198 Å². The van der Waals surface area contributed by atoms with Gasteiger partial charge < -0.3 is 16.2 Å². The number of hydrogen-bond acceptors (Lipinski definition) is 3. The van der Waals surface area contributed by atoms with Crippen LogP contribution in [0.15, 0.2) is 66.7 Å². The Hall–Kier alpha value is -2.70. The normalized spacial score (nSPS) is 12.1. The van der Waals surface area contributed by atoms with Crippen LogP contribution < -0.4 is 5.73 Å². The molecule has 0 amide bonds. The van der Waals surface area contributed by atoms with Crippen LogP contribution in [-0.2, 0) is 0 Å². The van der Waals surface area contributed by atoms with E-state index >= 15 is 0 Å². The fourth-order valence-electron chi connectivity index (χ4n) is 3.79. The average molecular weight is 522 g/mol. The summed E-state index contributed by atoms with van der Waals surface area (Å²) in [6.45, 7) is 4.36. The highest BCUT2D eigenvalue weighted by Crippen LogP contribution is 2.37. The largest absolute Gasteiger partial charge is 0.398 e. The average Bonchev–Trinajstić information content (AvgIpc) is 2.78. The maximum absolute atomic E-state index is 9.04. The molecule has 0 aliphatic heterocycles. The fraction of sp³-hybridized carbons (Fsp3) is 0.148. The van der Waals surface area contributed by atoms with Gasteiger partial charge >= 0.3 is 0 Å². The lowest BCUT2D eigenvalue weighted by Gasteiger charge is -2.19. The molecule has 0 bridgehead atoms. The van der Waals surface area contributed by atoms with Gasteiger partial charge in [0.1, 0.15) is 0 Å². The van der Waals surface area contributed by atoms with E-state index in [1.54, 1.807) is 6.08 Å². The van der Waals surface area contributed by atoms with Gasteiger partial charge in [-0.3, -0.25) is 0 Å². The number of hydrogen-bond donors (Lipinski definition) is 3. The van der Waals surface area contributed by atoms with Crippen molar-refractivity contribution in [3.8, 4) is 0 Å². The van der Waals surface area contributed by atoms with Gasteiger partial charge in [-0.1, -0.05) is 55.5 Å². The zero-order valence-electron chi connectivity index (χ0n) is 17.8. The van der Waals surface area contributed by atoms with Gasteiger partial charge in [-0.25, -0.2) is 0 Å². The van der Waals surface area contributed by atoms with Crippen molar-refractivity contribution in [3.63, 3.8) is 0 Å². The number of halogens is 1. The molecule has 0 radical (unpaired) electrons. The minimum absolute atomic E-state index is 0.0246. The molecule has 158 valence electrons. The summed E-state index contributed by atoms with van der Waals surface area (Å²) in [6.07, 6.45) is 5.82. The number of allylic oxidation sites excluding steroid dienone is 1. The number of nitrogens with one attached hydrogen (secondary N) is 1. The molecule has 31 heavy (non-hydrogen) atoms. The number of aliphatic hydroxyl groups excluding tert-OH is 1. The Kier molecular flexibility index (Phi) is 7.82. The molecule has 0 heterocycles. The summed E-state index contributed by atoms with van der Waals surface area (Å²) >= 11 is 2.35. The molecule has 0 saturated carbocycles. The van der Waals surface area contributed by atoms with Gasteiger partial charge in [-0.2, -0.15) is 0 Å². The van der Waals surface area contributed by atoms with Crippen LogP contribution in [0.1, 0.15) is 46.7 Å². The van der Waals surface area contributed by atoms with Crippen molar-refractivity contribution < 1.29 is 5.11 Å². The zero-order chi connectivity index (χ0) is 22.4. The number of nitrogen functional groups attached to an aromatic ring is 1. The standard InChI is InChI=1S/C27H27IN2O/c1-3-24(25-12-11-23(28)15-18(25)2)27(21-10-13-26(30)22(16-21)17-29)20-8-6-19(7-9-20)5-4-14-31/h4-13,15-17,29,31H,3,14,30H2,1-2H3/b5-4+,27-24+,29-17?. The highest BCUT2D eigenvalue weighted by molar-refractivity contribution is 14.1. The lowest BCUT2D eigenvalue weighted by molar-refractivity contribution is 0.343. The van der Waals surface area contributed by atoms with E-state index in [1.165, 1.54) is 26.5 Å². The zero-order valence-corrected chi connectivity index (χ0v) is 20.0. The lowest BCUT2D eigenvalue weighted by atomic mass is 9.86. The molecule has 0 aliphatic rings. The molecule has 0 spiro atoms. The molecule has 0 atom stereocenters. The third-order valence-corrected chi connectivity index (χ3v) is 5.99. The van der Waals surface area contributed by atoms with E-state index in [1.807, 2.05) is 24.3 Å². The summed E-state index contributed by atoms with van der Waals surface area (Å²) in [6, 6.07) is 20.8. The van der Waals surface area contributed by atoms with E-state index in [0.29, 0.717) is 11.3 Å². The maximum atomic E-state index is 9.04. The molecular weight excluding hydrogens is 495 g/mol. The molecule has 0 saturated heterocycles. The topological polar surface area (TPSA) is 70.1 Å². The smallest absolute Gasteiger partial charge is 0.0615 e. The van der Waals surface area contributed by atoms with Crippen LogP contribution >= 0.6 is 22.6 Å². The summed E-state index contributed by atoms with van der Waals surface area (Å²) in [4.78, 5) is 0. The molecule has 3 aromatic carbocycles. The summed E-state index contributed by atoms with van der Waals surface area (Å²) < 4.78 is 1.22. The predicted molar refractivity (Wildman–Crippen MR) is 141 cm³/mol. The van der Waals surface area contributed by atoms with E-state index in [4.69, 9.17) is 16.2 Å². The van der Waals surface area contributed by atoms with Gasteiger partial charge in [0.15, 0.2) is 0 Å². The van der Waals surface area contributed by atoms with E-state index < -0.39 is 0 Å². The second kappa shape index (κ2) is 10.6. The number of nitrogens with two attached hydrogens (primary N) is 1. The molecule has 3 rings (SSSR count). The first-order chi connectivity index (χ1) is 15.0. The van der Waals surface area contributed by atoms with Gasteiger partial charge in [-0.05, 0) is 99.2 Å². The van der Waals surface area contributed by atoms with Crippen LogP contribution in [-0.4, -0.2) is 17.9 Å². The summed E-state index contributed by atoms with van der Waals surface area (Å²) in [7, 11) is 0. The summed E-state index contributed by atoms with van der Waals surface area (Å²) in [5, 5.41) is 16.8. The van der Waals surface area contributed by atoms with Gasteiger partial charge in [-0.15, -0.1) is 0 Å². The third kappa shape index (κ3) is 5.32. The van der Waals surface area contributed by atoms with E-state index in [-0.39, 0.29) is 6.61 Å². The van der Waals surface area contributed by atoms with Crippen LogP contribution in [0.2, 0.25) is 0 Å². The Bertz CT molecular complexity index is 1140. The summed E-state index contributed by atoms with van der Waals surface area (Å²) in [5.74, 6) is 0. The van der Waals surface area contributed by atoms with Crippen LogP contribution in [0.25, 0.3) is 17.2 Å². The van der Waals surface area contributed by atoms with Gasteiger partial charge in [0.25, 0.3) is 0 Å². The molecule has 4 heteroatoms. The molecule has 4 N–H and O–H groups in total. The Balaban J connectivity index is 2.28. The SMILES string of the molecule is CC/C(=C(/c1ccc(/C=C/CO)cc1)c1ccc(N)c(C=N)c1)c1ccc(I)cc1C. The number of anilines is 1. The monoisotopic (exact) mass is 522 g/mol. The van der Waals surface area contributed by atoms with E-state index in [0.717, 1.165) is 28.7 Å². The number of aliphatic hydroxyl groups is 1. The van der Waals surface area contributed by atoms with E-state index in [2.05, 4.69) is 78.9 Å². The van der Waals surface area contributed by atoms with Crippen LogP contribution in [0, 0.1) is 15.9 Å². The van der Waals surface area contributed by atoms with Crippen molar-refractivity contribution in [3.05, 3.63) is 104 Å². The van der Waals surface area contributed by atoms with Crippen molar-refractivity contribution in [1.82, 2.24) is 0 Å². The number of benzene rings is 3. The Morgan fingerprint density at radius 2 is 1.74 bits per heavy atom. The van der Waals surface area contributed by atoms with E-state index in [9.17, 15) is 0 Å². The van der Waals surface area contributed by atoms with Crippen LogP contribution in [0.5, 0.6) is 0 Å². The molecule has 0 unspecified atom stereocenters. The van der Waals surface area contributed by atoms with Gasteiger partial charge in [0.05, 0.1) is 6.61 Å². The predicted octanol–water partition coefficient (Wildman–Crippen LogP) is 6.55. The second-order valence-electron chi connectivity index (χ2n) is 7.36. The van der Waals surface area contributed by atoms with Gasteiger partial charge in [0, 0.05) is 21.0 Å². The minimum Gasteiger partial charge on any atom is -0.398 e. The Morgan fingerprint density at radius 1 is 1.03 bits per heavy atom. The quantitative estimate of drug-likeness (QED) is 0.143. The fourth-order valence-corrected chi connectivity index (χ4v) is 4.43. The molecule has 0 aromatic heterocycles. The third-order valence-electron chi connectivity index (χ3n) is 5.31. The first kappa shape index (κ1) is 23.0. The maximum Gasteiger partial charge on any atom is 0.0615 e. The molecule has 3 nitrogen and oxygen atoms in total. The molecule has 0 aliphatic carbocycles. The van der Waals surface area contributed by atoms with Crippen molar-refractivity contribution in [2.75, 3.05) is 12.3 Å². The summed E-state index contributed by atoms with van der Waals surface area (Å²) in [5.41, 5.74) is 15.5. The highest BCUT2D eigenvalue weighted by Gasteiger charge is 2.15. The van der Waals surface area contributed by atoms with Gasteiger partial charge in [0.2, 0.25) is 0 Å². The van der Waals surface area contributed by atoms with Crippen molar-refractivity contribution in [2.45, 2.75) is 20.3 Å². The number of aryl methyl sites for hydroxylation is 1.